The monoisotopic (exact) mass is 491 g/mol. The Labute approximate surface area is 208 Å². The van der Waals surface area contributed by atoms with Crippen LogP contribution in [0.15, 0.2) is 64.5 Å². The number of carbonyl (C=O) groups is 1. The van der Waals surface area contributed by atoms with Crippen molar-refractivity contribution in [2.45, 2.75) is 51.9 Å². The molecular formula is C27H29N3O2S2. The summed E-state index contributed by atoms with van der Waals surface area (Å²) in [6, 6.07) is 17.9. The van der Waals surface area contributed by atoms with Gasteiger partial charge in [0.05, 0.1) is 23.7 Å². The van der Waals surface area contributed by atoms with Gasteiger partial charge in [0.25, 0.3) is 5.56 Å². The molecule has 0 fully saturated rings. The molecule has 176 valence electrons. The van der Waals surface area contributed by atoms with Gasteiger partial charge in [-0.1, -0.05) is 78.8 Å². The fraction of sp³-hybridized carbons (Fsp3) is 0.296. The van der Waals surface area contributed by atoms with Crippen molar-refractivity contribution in [3.63, 3.8) is 0 Å². The first-order chi connectivity index (χ1) is 16.4. The largest absolute Gasteiger partial charge is 0.349 e. The van der Waals surface area contributed by atoms with Crippen molar-refractivity contribution in [1.29, 1.82) is 0 Å². The Kier molecular flexibility index (Phi) is 7.54. The molecule has 0 radical (unpaired) electrons. The summed E-state index contributed by atoms with van der Waals surface area (Å²) in [5.74, 6) is 0.0998. The van der Waals surface area contributed by atoms with Gasteiger partial charge in [0, 0.05) is 4.88 Å². The van der Waals surface area contributed by atoms with E-state index < -0.39 is 0 Å². The third-order valence-corrected chi connectivity index (χ3v) is 8.21. The molecule has 0 saturated carbocycles. The van der Waals surface area contributed by atoms with Crippen molar-refractivity contribution >= 4 is 39.2 Å². The normalized spacial score (nSPS) is 12.1. The summed E-state index contributed by atoms with van der Waals surface area (Å²) >= 11 is 2.89. The first-order valence-corrected chi connectivity index (χ1v) is 13.2. The third-order valence-electron chi connectivity index (χ3n) is 5.91. The van der Waals surface area contributed by atoms with E-state index in [0.29, 0.717) is 17.1 Å². The first-order valence-electron chi connectivity index (χ1n) is 11.4. The van der Waals surface area contributed by atoms with E-state index in [1.165, 1.54) is 22.2 Å². The van der Waals surface area contributed by atoms with Crippen molar-refractivity contribution in [2.24, 2.45) is 0 Å². The highest BCUT2D eigenvalue weighted by molar-refractivity contribution is 7.99. The van der Waals surface area contributed by atoms with Crippen molar-refractivity contribution in [3.05, 3.63) is 92.1 Å². The number of benzene rings is 2. The van der Waals surface area contributed by atoms with Crippen molar-refractivity contribution in [1.82, 2.24) is 14.9 Å². The Morgan fingerprint density at radius 1 is 1.12 bits per heavy atom. The van der Waals surface area contributed by atoms with Gasteiger partial charge in [-0.3, -0.25) is 14.2 Å². The van der Waals surface area contributed by atoms with Crippen LogP contribution < -0.4 is 10.9 Å². The van der Waals surface area contributed by atoms with Gasteiger partial charge in [-0.25, -0.2) is 4.98 Å². The van der Waals surface area contributed by atoms with Crippen LogP contribution in [0.25, 0.3) is 10.2 Å². The van der Waals surface area contributed by atoms with Crippen molar-refractivity contribution in [3.8, 4) is 0 Å². The Balaban J connectivity index is 1.62. The van der Waals surface area contributed by atoms with Crippen LogP contribution in [-0.2, 0) is 17.8 Å². The van der Waals surface area contributed by atoms with E-state index in [-0.39, 0.29) is 23.3 Å². The zero-order valence-electron chi connectivity index (χ0n) is 19.9. The zero-order chi connectivity index (χ0) is 24.2. The smallest absolute Gasteiger partial charge is 0.263 e. The highest BCUT2D eigenvalue weighted by atomic mass is 32.2. The second-order valence-corrected chi connectivity index (χ2v) is 10.5. The number of hydrogen-bond acceptors (Lipinski definition) is 5. The number of thiophene rings is 1. The van der Waals surface area contributed by atoms with Gasteiger partial charge in [0.1, 0.15) is 4.83 Å². The zero-order valence-corrected chi connectivity index (χ0v) is 21.6. The summed E-state index contributed by atoms with van der Waals surface area (Å²) in [6.45, 7) is 8.53. The van der Waals surface area contributed by atoms with Crippen LogP contribution in [0.1, 0.15) is 47.0 Å². The molecule has 4 rings (SSSR count). The van der Waals surface area contributed by atoms with Gasteiger partial charge in [-0.2, -0.15) is 0 Å². The van der Waals surface area contributed by atoms with Crippen LogP contribution in [0.2, 0.25) is 0 Å². The quantitative estimate of drug-likeness (QED) is 0.255. The molecule has 1 unspecified atom stereocenters. The Morgan fingerprint density at radius 3 is 2.50 bits per heavy atom. The SMILES string of the molecule is CCc1sc2nc(SCC(=O)NC(C)c3ccccc3)n(Cc3ccc(C)cc3)c(=O)c2c1C. The number of hydrogen-bond donors (Lipinski definition) is 1. The van der Waals surface area contributed by atoms with E-state index in [4.69, 9.17) is 4.98 Å². The predicted octanol–water partition coefficient (Wildman–Crippen LogP) is 5.66. The average molecular weight is 492 g/mol. The maximum atomic E-state index is 13.6. The molecule has 0 saturated heterocycles. The Morgan fingerprint density at radius 2 is 1.82 bits per heavy atom. The van der Waals surface area contributed by atoms with Gasteiger partial charge >= 0.3 is 0 Å². The number of fused-ring (bicyclic) bond motifs is 1. The molecule has 1 atom stereocenters. The molecule has 34 heavy (non-hydrogen) atoms. The molecule has 5 nitrogen and oxygen atoms in total. The van der Waals surface area contributed by atoms with E-state index in [1.807, 2.05) is 75.4 Å². The number of amides is 1. The minimum Gasteiger partial charge on any atom is -0.349 e. The van der Waals surface area contributed by atoms with Crippen LogP contribution >= 0.6 is 23.1 Å². The van der Waals surface area contributed by atoms with Gasteiger partial charge in [-0.05, 0) is 43.9 Å². The summed E-state index contributed by atoms with van der Waals surface area (Å²) in [7, 11) is 0. The van der Waals surface area contributed by atoms with Crippen LogP contribution in [0.4, 0.5) is 0 Å². The number of aryl methyl sites for hydroxylation is 3. The molecular weight excluding hydrogens is 462 g/mol. The van der Waals surface area contributed by atoms with Crippen LogP contribution in [0.5, 0.6) is 0 Å². The van der Waals surface area contributed by atoms with Gasteiger partial charge < -0.3 is 5.32 Å². The van der Waals surface area contributed by atoms with Gasteiger partial charge in [0.2, 0.25) is 5.91 Å². The minimum absolute atomic E-state index is 0.0420. The van der Waals surface area contributed by atoms with Crippen LogP contribution in [0.3, 0.4) is 0 Å². The lowest BCUT2D eigenvalue weighted by Gasteiger charge is -2.15. The molecule has 7 heteroatoms. The number of aromatic nitrogens is 2. The Bertz CT molecular complexity index is 1360. The molecule has 1 N–H and O–H groups in total. The molecule has 2 aromatic carbocycles. The molecule has 0 aliphatic carbocycles. The molecule has 0 aliphatic heterocycles. The second-order valence-electron chi connectivity index (χ2n) is 8.44. The molecule has 0 aliphatic rings. The number of nitrogens with one attached hydrogen (secondary N) is 1. The molecule has 2 aromatic heterocycles. The van der Waals surface area contributed by atoms with Gasteiger partial charge in [-0.15, -0.1) is 11.3 Å². The van der Waals surface area contributed by atoms with E-state index >= 15 is 0 Å². The van der Waals surface area contributed by atoms with Crippen molar-refractivity contribution < 1.29 is 4.79 Å². The standard InChI is InChI=1S/C27H29N3O2S2/c1-5-22-18(3)24-25(34-22)29-27(30(26(24)32)15-20-13-11-17(2)12-14-20)33-16-23(31)28-19(4)21-9-7-6-8-10-21/h6-14,19H,5,15-16H2,1-4H3,(H,28,31). The summed E-state index contributed by atoms with van der Waals surface area (Å²) in [5, 5.41) is 4.31. The average Bonchev–Trinajstić information content (AvgIpc) is 3.17. The lowest BCUT2D eigenvalue weighted by Crippen LogP contribution is -2.29. The van der Waals surface area contributed by atoms with E-state index in [2.05, 4.69) is 12.2 Å². The lowest BCUT2D eigenvalue weighted by atomic mass is 10.1. The van der Waals surface area contributed by atoms with E-state index in [0.717, 1.165) is 27.9 Å². The third kappa shape index (κ3) is 5.26. The predicted molar refractivity (Wildman–Crippen MR) is 142 cm³/mol. The maximum Gasteiger partial charge on any atom is 0.263 e. The molecule has 2 heterocycles. The summed E-state index contributed by atoms with van der Waals surface area (Å²) < 4.78 is 1.71. The fourth-order valence-electron chi connectivity index (χ4n) is 3.95. The highest BCUT2D eigenvalue weighted by Crippen LogP contribution is 2.30. The summed E-state index contributed by atoms with van der Waals surface area (Å²) in [5.41, 5.74) is 4.23. The fourth-order valence-corrected chi connectivity index (χ4v) is 5.91. The van der Waals surface area contributed by atoms with Crippen LogP contribution in [-0.4, -0.2) is 21.2 Å². The highest BCUT2D eigenvalue weighted by Gasteiger charge is 2.19. The number of thioether (sulfide) groups is 1. The maximum absolute atomic E-state index is 13.6. The van der Waals surface area contributed by atoms with E-state index in [9.17, 15) is 9.59 Å². The topological polar surface area (TPSA) is 64.0 Å². The van der Waals surface area contributed by atoms with Crippen molar-refractivity contribution in [2.75, 3.05) is 5.75 Å². The molecule has 0 spiro atoms. The van der Waals surface area contributed by atoms with Crippen LogP contribution in [0, 0.1) is 13.8 Å². The number of rotatable bonds is 8. The molecule has 0 bridgehead atoms. The van der Waals surface area contributed by atoms with E-state index in [1.54, 1.807) is 15.9 Å². The summed E-state index contributed by atoms with van der Waals surface area (Å²) in [6.07, 6.45) is 0.868. The number of nitrogens with zero attached hydrogens (tertiary/aromatic N) is 2. The second kappa shape index (κ2) is 10.6. The van der Waals surface area contributed by atoms with Gasteiger partial charge in [0.15, 0.2) is 5.16 Å². The number of carbonyl (C=O) groups excluding carboxylic acids is 1. The molecule has 1 amide bonds. The first kappa shape index (κ1) is 24.2. The summed E-state index contributed by atoms with van der Waals surface area (Å²) in [4.78, 5) is 33.1. The Hall–Kier alpha value is -2.90. The minimum atomic E-state index is -0.0912. The molecule has 4 aromatic rings. The lowest BCUT2D eigenvalue weighted by molar-refractivity contribution is -0.119.